The Morgan fingerprint density at radius 1 is 1.56 bits per heavy atom. The second-order valence-electron chi connectivity index (χ2n) is 3.52. The lowest BCUT2D eigenvalue weighted by Gasteiger charge is -1.98. The maximum Gasteiger partial charge on any atom is 0.271 e. The molecule has 1 aromatic rings. The van der Waals surface area contributed by atoms with E-state index in [0.717, 1.165) is 0 Å². The molecule has 0 atom stereocenters. The van der Waals surface area contributed by atoms with E-state index in [1.807, 2.05) is 6.07 Å². The van der Waals surface area contributed by atoms with Crippen molar-refractivity contribution in [1.29, 1.82) is 5.26 Å². The van der Waals surface area contributed by atoms with Gasteiger partial charge in [0.05, 0.1) is 16.6 Å². The van der Waals surface area contributed by atoms with E-state index in [1.165, 1.54) is 25.1 Å². The van der Waals surface area contributed by atoms with E-state index in [2.05, 4.69) is 5.32 Å². The van der Waals surface area contributed by atoms with E-state index in [0.29, 0.717) is 12.1 Å². The van der Waals surface area contributed by atoms with Crippen molar-refractivity contribution in [2.45, 2.75) is 6.92 Å². The summed E-state index contributed by atoms with van der Waals surface area (Å²) in [5.41, 5.74) is 0.641. The third kappa shape index (κ3) is 4.06. The maximum absolute atomic E-state index is 10.7. The van der Waals surface area contributed by atoms with Crippen LogP contribution in [0.5, 0.6) is 0 Å². The number of non-ortho nitro benzene ring substituents is 1. The molecular formula is C12H11N3O3. The molecule has 1 amide bonds. The highest BCUT2D eigenvalue weighted by Gasteiger charge is 2.07. The number of nitro groups is 1. The summed E-state index contributed by atoms with van der Waals surface area (Å²) >= 11 is 0. The summed E-state index contributed by atoms with van der Waals surface area (Å²) in [5.74, 6) is -0.156. The Hall–Kier alpha value is -2.68. The van der Waals surface area contributed by atoms with E-state index in [-0.39, 0.29) is 17.2 Å². The van der Waals surface area contributed by atoms with Crippen LogP contribution in [-0.2, 0) is 4.79 Å². The molecule has 0 fully saturated rings. The molecule has 0 spiro atoms. The lowest BCUT2D eigenvalue weighted by molar-refractivity contribution is -0.384. The highest BCUT2D eigenvalue weighted by Crippen LogP contribution is 2.17. The second-order valence-corrected chi connectivity index (χ2v) is 3.52. The Morgan fingerprint density at radius 2 is 2.28 bits per heavy atom. The third-order valence-electron chi connectivity index (χ3n) is 2.06. The SMILES string of the molecule is CC(=O)NCC=Cc1cc(C#N)cc([N+](=O)[O-])c1. The van der Waals surface area contributed by atoms with Gasteiger partial charge in [-0.25, -0.2) is 0 Å². The molecule has 1 aromatic carbocycles. The number of benzene rings is 1. The first-order chi connectivity index (χ1) is 8.52. The first kappa shape index (κ1) is 13.4. The van der Waals surface area contributed by atoms with Crippen LogP contribution < -0.4 is 5.32 Å². The molecule has 1 rings (SSSR count). The van der Waals surface area contributed by atoms with Crippen LogP contribution in [0.25, 0.3) is 6.08 Å². The number of rotatable bonds is 4. The molecule has 92 valence electrons. The van der Waals surface area contributed by atoms with Crippen LogP contribution in [0.2, 0.25) is 0 Å². The highest BCUT2D eigenvalue weighted by atomic mass is 16.6. The van der Waals surface area contributed by atoms with Gasteiger partial charge in [0.1, 0.15) is 0 Å². The molecule has 6 heteroatoms. The zero-order valence-electron chi connectivity index (χ0n) is 9.71. The number of nitrogens with zero attached hydrogens (tertiary/aromatic N) is 2. The quantitative estimate of drug-likeness (QED) is 0.643. The molecule has 0 aliphatic carbocycles. The van der Waals surface area contributed by atoms with Gasteiger partial charge < -0.3 is 5.32 Å². The number of amides is 1. The summed E-state index contributed by atoms with van der Waals surface area (Å²) in [6.07, 6.45) is 3.27. The van der Waals surface area contributed by atoms with Gasteiger partial charge in [0.25, 0.3) is 5.69 Å². The van der Waals surface area contributed by atoms with Crippen molar-refractivity contribution in [2.24, 2.45) is 0 Å². The van der Waals surface area contributed by atoms with Crippen molar-refractivity contribution in [3.05, 3.63) is 45.5 Å². The fourth-order valence-electron chi connectivity index (χ4n) is 1.30. The summed E-state index contributed by atoms with van der Waals surface area (Å²) in [4.78, 5) is 20.7. The van der Waals surface area contributed by atoms with Crippen LogP contribution in [0.15, 0.2) is 24.3 Å². The number of carbonyl (C=O) groups excluding carboxylic acids is 1. The standard InChI is InChI=1S/C12H11N3O3/c1-9(16)14-4-2-3-10-5-11(8-13)7-12(6-10)15(17)18/h2-3,5-7H,4H2,1H3,(H,14,16). The first-order valence-electron chi connectivity index (χ1n) is 5.13. The van der Waals surface area contributed by atoms with Crippen LogP contribution in [-0.4, -0.2) is 17.4 Å². The fraction of sp³-hybridized carbons (Fsp3) is 0.167. The van der Waals surface area contributed by atoms with Crippen LogP contribution in [0.3, 0.4) is 0 Å². The molecule has 0 bridgehead atoms. The molecule has 0 aliphatic rings. The van der Waals surface area contributed by atoms with E-state index >= 15 is 0 Å². The summed E-state index contributed by atoms with van der Waals surface area (Å²) in [5, 5.41) is 22.0. The summed E-state index contributed by atoms with van der Waals surface area (Å²) in [6.45, 7) is 1.73. The molecule has 0 saturated carbocycles. The van der Waals surface area contributed by atoms with Gasteiger partial charge in [-0.2, -0.15) is 5.26 Å². The van der Waals surface area contributed by atoms with E-state index in [1.54, 1.807) is 12.2 Å². The minimum Gasteiger partial charge on any atom is -0.353 e. The minimum atomic E-state index is -0.550. The second kappa shape index (κ2) is 6.15. The van der Waals surface area contributed by atoms with Crippen molar-refractivity contribution in [1.82, 2.24) is 5.32 Å². The van der Waals surface area contributed by atoms with Gasteiger partial charge >= 0.3 is 0 Å². The molecule has 6 nitrogen and oxygen atoms in total. The molecule has 0 saturated heterocycles. The molecule has 0 heterocycles. The lowest BCUT2D eigenvalue weighted by Crippen LogP contribution is -2.19. The lowest BCUT2D eigenvalue weighted by atomic mass is 10.1. The molecule has 0 aromatic heterocycles. The Balaban J connectivity index is 2.88. The topological polar surface area (TPSA) is 96.0 Å². The van der Waals surface area contributed by atoms with Crippen molar-refractivity contribution in [2.75, 3.05) is 6.54 Å². The van der Waals surface area contributed by atoms with Crippen molar-refractivity contribution >= 4 is 17.7 Å². The predicted molar refractivity (Wildman–Crippen MR) is 65.5 cm³/mol. The van der Waals surface area contributed by atoms with E-state index in [9.17, 15) is 14.9 Å². The maximum atomic E-state index is 10.7. The van der Waals surface area contributed by atoms with Gasteiger partial charge in [-0.1, -0.05) is 12.2 Å². The van der Waals surface area contributed by atoms with E-state index in [4.69, 9.17) is 5.26 Å². The van der Waals surface area contributed by atoms with Crippen molar-refractivity contribution in [3.8, 4) is 6.07 Å². The molecule has 18 heavy (non-hydrogen) atoms. The smallest absolute Gasteiger partial charge is 0.271 e. The van der Waals surface area contributed by atoms with Crippen LogP contribution in [0.4, 0.5) is 5.69 Å². The number of nitro benzene ring substituents is 1. The van der Waals surface area contributed by atoms with Crippen LogP contribution >= 0.6 is 0 Å². The Labute approximate surface area is 104 Å². The van der Waals surface area contributed by atoms with Crippen LogP contribution in [0, 0.1) is 21.4 Å². The fourth-order valence-corrected chi connectivity index (χ4v) is 1.30. The molecule has 1 N–H and O–H groups in total. The average molecular weight is 245 g/mol. The zero-order valence-corrected chi connectivity index (χ0v) is 9.71. The molecular weight excluding hydrogens is 234 g/mol. The van der Waals surface area contributed by atoms with Gasteiger partial charge in [-0.05, 0) is 11.6 Å². The number of carbonyl (C=O) groups is 1. The summed E-state index contributed by atoms with van der Waals surface area (Å²) in [6, 6.07) is 5.98. The zero-order chi connectivity index (χ0) is 13.5. The minimum absolute atomic E-state index is 0.131. The number of nitriles is 1. The van der Waals surface area contributed by atoms with Crippen molar-refractivity contribution in [3.63, 3.8) is 0 Å². The number of nitrogens with one attached hydrogen (secondary N) is 1. The van der Waals surface area contributed by atoms with Crippen molar-refractivity contribution < 1.29 is 9.72 Å². The Kier molecular flexibility index (Phi) is 4.58. The first-order valence-corrected chi connectivity index (χ1v) is 5.13. The molecule has 0 radical (unpaired) electrons. The number of hydrogen-bond donors (Lipinski definition) is 1. The highest BCUT2D eigenvalue weighted by molar-refractivity contribution is 5.73. The van der Waals surface area contributed by atoms with Gasteiger partial charge in [-0.15, -0.1) is 0 Å². The average Bonchev–Trinajstić information content (AvgIpc) is 2.34. The Morgan fingerprint density at radius 3 is 2.83 bits per heavy atom. The third-order valence-corrected chi connectivity index (χ3v) is 2.06. The molecule has 0 aliphatic heterocycles. The predicted octanol–water partition coefficient (Wildman–Crippen LogP) is 1.62. The van der Waals surface area contributed by atoms with Gasteiger partial charge in [-0.3, -0.25) is 14.9 Å². The summed E-state index contributed by atoms with van der Waals surface area (Å²) in [7, 11) is 0. The van der Waals surface area contributed by atoms with E-state index < -0.39 is 4.92 Å². The van der Waals surface area contributed by atoms with Gasteiger partial charge in [0.15, 0.2) is 0 Å². The number of hydrogen-bond acceptors (Lipinski definition) is 4. The van der Waals surface area contributed by atoms with Gasteiger partial charge in [0, 0.05) is 25.6 Å². The summed E-state index contributed by atoms with van der Waals surface area (Å²) < 4.78 is 0. The van der Waals surface area contributed by atoms with Crippen LogP contribution in [0.1, 0.15) is 18.1 Å². The molecule has 0 unspecified atom stereocenters. The Bertz CT molecular complexity index is 544. The van der Waals surface area contributed by atoms with Gasteiger partial charge in [0.2, 0.25) is 5.91 Å². The monoisotopic (exact) mass is 245 g/mol. The normalized spacial score (nSPS) is 10.0. The largest absolute Gasteiger partial charge is 0.353 e.